The Labute approximate surface area is 115 Å². The summed E-state index contributed by atoms with van der Waals surface area (Å²) in [6.45, 7) is 1.67. The van der Waals surface area contributed by atoms with Crippen molar-refractivity contribution in [2.45, 2.75) is 19.1 Å². The van der Waals surface area contributed by atoms with Gasteiger partial charge in [-0.2, -0.15) is 0 Å². The molecule has 1 fully saturated rings. The van der Waals surface area contributed by atoms with Crippen LogP contribution < -0.4 is 5.32 Å². The highest BCUT2D eigenvalue weighted by Crippen LogP contribution is 2.21. The number of rotatable bonds is 2. The summed E-state index contributed by atoms with van der Waals surface area (Å²) in [5, 5.41) is 30.5. The van der Waals surface area contributed by atoms with Crippen molar-refractivity contribution in [3.63, 3.8) is 0 Å². The van der Waals surface area contributed by atoms with Gasteiger partial charge in [0.1, 0.15) is 0 Å². The summed E-state index contributed by atoms with van der Waals surface area (Å²) < 4.78 is 0. The molecule has 108 valence electrons. The number of aryl methyl sites for hydroxylation is 1. The zero-order valence-corrected chi connectivity index (χ0v) is 10.9. The van der Waals surface area contributed by atoms with E-state index < -0.39 is 24.2 Å². The van der Waals surface area contributed by atoms with Gasteiger partial charge in [0, 0.05) is 0 Å². The SMILES string of the molecule is Cc1cccc(NC(=O)N2CC(O)C(O)C2)c1C(=O)O. The van der Waals surface area contributed by atoms with Crippen molar-refractivity contribution in [3.8, 4) is 0 Å². The number of nitrogens with one attached hydrogen (secondary N) is 1. The molecule has 7 heteroatoms. The van der Waals surface area contributed by atoms with Crippen LogP contribution in [0.25, 0.3) is 0 Å². The van der Waals surface area contributed by atoms with Gasteiger partial charge >= 0.3 is 12.0 Å². The summed E-state index contributed by atoms with van der Waals surface area (Å²) in [5.41, 5.74) is 0.760. The van der Waals surface area contributed by atoms with E-state index in [2.05, 4.69) is 5.32 Å². The molecule has 1 aliphatic heterocycles. The Morgan fingerprint density at radius 3 is 2.40 bits per heavy atom. The fraction of sp³-hybridized carbons (Fsp3) is 0.385. The number of carboxylic acid groups (broad SMARTS) is 1. The Bertz CT molecular complexity index is 536. The molecule has 2 atom stereocenters. The lowest BCUT2D eigenvalue weighted by Crippen LogP contribution is -2.34. The second-order valence-electron chi connectivity index (χ2n) is 4.77. The van der Waals surface area contributed by atoms with Crippen molar-refractivity contribution < 1.29 is 24.9 Å². The van der Waals surface area contributed by atoms with E-state index >= 15 is 0 Å². The highest BCUT2D eigenvalue weighted by molar-refractivity contribution is 6.01. The Balaban J connectivity index is 2.17. The monoisotopic (exact) mass is 280 g/mol. The molecule has 1 aromatic rings. The van der Waals surface area contributed by atoms with Crippen LogP contribution in [-0.2, 0) is 0 Å². The van der Waals surface area contributed by atoms with Crippen LogP contribution in [0, 0.1) is 6.92 Å². The summed E-state index contributed by atoms with van der Waals surface area (Å²) in [6.07, 6.45) is -1.95. The number of aliphatic hydroxyl groups is 2. The Morgan fingerprint density at radius 1 is 1.25 bits per heavy atom. The summed E-state index contributed by atoms with van der Waals surface area (Å²) in [4.78, 5) is 24.4. The minimum absolute atomic E-state index is 0.0151. The fourth-order valence-corrected chi connectivity index (χ4v) is 2.19. The van der Waals surface area contributed by atoms with Crippen LogP contribution in [0.4, 0.5) is 10.5 Å². The molecule has 1 aliphatic rings. The molecule has 2 rings (SSSR count). The van der Waals surface area contributed by atoms with Gasteiger partial charge in [0.25, 0.3) is 0 Å². The van der Waals surface area contributed by atoms with Crippen molar-refractivity contribution >= 4 is 17.7 Å². The highest BCUT2D eigenvalue weighted by atomic mass is 16.4. The highest BCUT2D eigenvalue weighted by Gasteiger charge is 2.32. The fourth-order valence-electron chi connectivity index (χ4n) is 2.19. The maximum atomic E-state index is 12.0. The number of benzene rings is 1. The Kier molecular flexibility index (Phi) is 3.91. The average molecular weight is 280 g/mol. The van der Waals surface area contributed by atoms with Gasteiger partial charge in [-0.05, 0) is 18.6 Å². The second kappa shape index (κ2) is 5.48. The normalized spacial score (nSPS) is 21.9. The number of likely N-dealkylation sites (tertiary alicyclic amines) is 1. The molecule has 0 radical (unpaired) electrons. The lowest BCUT2D eigenvalue weighted by atomic mass is 10.1. The minimum atomic E-state index is -1.13. The first-order valence-corrected chi connectivity index (χ1v) is 6.15. The van der Waals surface area contributed by atoms with Crippen LogP contribution in [0.5, 0.6) is 0 Å². The van der Waals surface area contributed by atoms with Crippen molar-refractivity contribution in [3.05, 3.63) is 29.3 Å². The molecule has 1 aromatic carbocycles. The maximum absolute atomic E-state index is 12.0. The smallest absolute Gasteiger partial charge is 0.338 e. The third kappa shape index (κ3) is 2.73. The number of carbonyl (C=O) groups excluding carboxylic acids is 1. The van der Waals surface area contributed by atoms with Gasteiger partial charge in [0.15, 0.2) is 0 Å². The average Bonchev–Trinajstić information content (AvgIpc) is 2.69. The molecule has 1 heterocycles. The minimum Gasteiger partial charge on any atom is -0.478 e. The van der Waals surface area contributed by atoms with Crippen LogP contribution in [0.15, 0.2) is 18.2 Å². The number of aromatic carboxylic acids is 1. The molecular weight excluding hydrogens is 264 g/mol. The molecule has 0 bridgehead atoms. The molecule has 2 amide bonds. The zero-order chi connectivity index (χ0) is 14.9. The first kappa shape index (κ1) is 14.3. The number of amides is 2. The lowest BCUT2D eigenvalue weighted by Gasteiger charge is -2.17. The van der Waals surface area contributed by atoms with Crippen LogP contribution >= 0.6 is 0 Å². The van der Waals surface area contributed by atoms with Crippen LogP contribution in [0.3, 0.4) is 0 Å². The van der Waals surface area contributed by atoms with Crippen molar-refractivity contribution in [2.24, 2.45) is 0 Å². The number of aliphatic hydroxyl groups excluding tert-OH is 2. The molecule has 20 heavy (non-hydrogen) atoms. The third-order valence-corrected chi connectivity index (χ3v) is 3.27. The van der Waals surface area contributed by atoms with Gasteiger partial charge in [0.2, 0.25) is 0 Å². The molecule has 1 saturated heterocycles. The number of hydrogen-bond acceptors (Lipinski definition) is 4. The van der Waals surface area contributed by atoms with Crippen molar-refractivity contribution in [2.75, 3.05) is 18.4 Å². The summed E-state index contributed by atoms with van der Waals surface area (Å²) >= 11 is 0. The second-order valence-corrected chi connectivity index (χ2v) is 4.77. The Hall–Kier alpha value is -2.12. The predicted octanol–water partition coefficient (Wildman–Crippen LogP) is 0.263. The van der Waals surface area contributed by atoms with E-state index in [4.69, 9.17) is 5.11 Å². The molecule has 0 aliphatic carbocycles. The summed E-state index contributed by atoms with van der Waals surface area (Å²) in [5.74, 6) is -1.13. The van der Waals surface area contributed by atoms with Crippen molar-refractivity contribution in [1.29, 1.82) is 0 Å². The molecule has 0 aromatic heterocycles. The lowest BCUT2D eigenvalue weighted by molar-refractivity contribution is 0.0572. The molecule has 0 spiro atoms. The van der Waals surface area contributed by atoms with E-state index in [0.29, 0.717) is 5.56 Å². The van der Waals surface area contributed by atoms with E-state index in [-0.39, 0.29) is 24.3 Å². The van der Waals surface area contributed by atoms with Crippen LogP contribution in [0.1, 0.15) is 15.9 Å². The largest absolute Gasteiger partial charge is 0.478 e. The van der Waals surface area contributed by atoms with E-state index in [1.807, 2.05) is 0 Å². The number of nitrogens with zero attached hydrogens (tertiary/aromatic N) is 1. The summed E-state index contributed by atoms with van der Waals surface area (Å²) in [7, 11) is 0. The van der Waals surface area contributed by atoms with Gasteiger partial charge in [-0.25, -0.2) is 9.59 Å². The number of anilines is 1. The molecule has 2 unspecified atom stereocenters. The summed E-state index contributed by atoms with van der Waals surface area (Å²) in [6, 6.07) is 4.24. The Morgan fingerprint density at radius 2 is 1.85 bits per heavy atom. The van der Waals surface area contributed by atoms with E-state index in [1.165, 1.54) is 11.0 Å². The van der Waals surface area contributed by atoms with E-state index in [9.17, 15) is 19.8 Å². The number of β-amino-alcohol motifs (C(OH)–C–C–N with tert-alkyl or cyclic N) is 2. The van der Waals surface area contributed by atoms with Gasteiger partial charge in [-0.1, -0.05) is 12.1 Å². The molecule has 4 N–H and O–H groups in total. The van der Waals surface area contributed by atoms with Gasteiger partial charge in [-0.15, -0.1) is 0 Å². The van der Waals surface area contributed by atoms with E-state index in [0.717, 1.165) is 0 Å². The number of carbonyl (C=O) groups is 2. The first-order valence-electron chi connectivity index (χ1n) is 6.15. The quantitative estimate of drug-likeness (QED) is 0.621. The number of hydrogen-bond donors (Lipinski definition) is 4. The van der Waals surface area contributed by atoms with E-state index in [1.54, 1.807) is 19.1 Å². The van der Waals surface area contributed by atoms with Gasteiger partial charge < -0.3 is 25.5 Å². The van der Waals surface area contributed by atoms with Crippen LogP contribution in [0.2, 0.25) is 0 Å². The standard InChI is InChI=1S/C13H16N2O5/c1-7-3-2-4-8(11(7)12(18)19)14-13(20)15-5-9(16)10(17)6-15/h2-4,9-10,16-17H,5-6H2,1H3,(H,14,20)(H,18,19). The number of carboxylic acids is 1. The predicted molar refractivity (Wildman–Crippen MR) is 70.7 cm³/mol. The molecule has 0 saturated carbocycles. The number of urea groups is 1. The van der Waals surface area contributed by atoms with Gasteiger partial charge in [-0.3, -0.25) is 0 Å². The third-order valence-electron chi connectivity index (χ3n) is 3.27. The first-order chi connectivity index (χ1) is 9.40. The molecular formula is C13H16N2O5. The van der Waals surface area contributed by atoms with Gasteiger partial charge in [0.05, 0.1) is 36.5 Å². The topological polar surface area (TPSA) is 110 Å². The van der Waals surface area contributed by atoms with Crippen molar-refractivity contribution in [1.82, 2.24) is 4.90 Å². The zero-order valence-electron chi connectivity index (χ0n) is 10.9. The van der Waals surface area contributed by atoms with Crippen LogP contribution in [-0.4, -0.2) is 57.5 Å². The molecule has 7 nitrogen and oxygen atoms in total. The maximum Gasteiger partial charge on any atom is 0.338 e.